The van der Waals surface area contributed by atoms with E-state index in [1.807, 2.05) is 11.8 Å². The van der Waals surface area contributed by atoms with Crippen LogP contribution in [-0.4, -0.2) is 11.8 Å². The van der Waals surface area contributed by atoms with Crippen molar-refractivity contribution >= 4 is 11.8 Å². The number of rotatable bonds is 6. The van der Waals surface area contributed by atoms with Gasteiger partial charge in [-0.2, -0.15) is 0 Å². The average Bonchev–Trinajstić information content (AvgIpc) is 3.31. The molecule has 4 rings (SSSR count). The zero-order valence-electron chi connectivity index (χ0n) is 12.2. The SMILES string of the molecule is c1cc(CNC2CC2)cc(SCC2Cc3ccccc32)c1. The minimum Gasteiger partial charge on any atom is -0.310 e. The summed E-state index contributed by atoms with van der Waals surface area (Å²) < 4.78 is 0. The van der Waals surface area contributed by atoms with Crippen LogP contribution in [0.4, 0.5) is 0 Å². The summed E-state index contributed by atoms with van der Waals surface area (Å²) in [5.41, 5.74) is 4.53. The van der Waals surface area contributed by atoms with E-state index in [2.05, 4.69) is 53.8 Å². The lowest BCUT2D eigenvalue weighted by Crippen LogP contribution is -2.18. The van der Waals surface area contributed by atoms with Crippen molar-refractivity contribution in [1.82, 2.24) is 5.32 Å². The van der Waals surface area contributed by atoms with Crippen LogP contribution in [-0.2, 0) is 13.0 Å². The van der Waals surface area contributed by atoms with E-state index in [1.165, 1.54) is 35.5 Å². The highest BCUT2D eigenvalue weighted by Crippen LogP contribution is 2.38. The minimum atomic E-state index is 0.749. The molecular formula is C19H21NS. The Hall–Kier alpha value is -1.25. The van der Waals surface area contributed by atoms with Gasteiger partial charge in [0.05, 0.1) is 0 Å². The van der Waals surface area contributed by atoms with Crippen molar-refractivity contribution < 1.29 is 0 Å². The predicted octanol–water partition coefficient (Wildman–Crippen LogP) is 4.37. The van der Waals surface area contributed by atoms with Crippen LogP contribution < -0.4 is 5.32 Å². The van der Waals surface area contributed by atoms with Crippen molar-refractivity contribution in [2.75, 3.05) is 5.75 Å². The second kappa shape index (κ2) is 5.86. The van der Waals surface area contributed by atoms with E-state index in [0.717, 1.165) is 18.5 Å². The van der Waals surface area contributed by atoms with E-state index < -0.39 is 0 Å². The van der Waals surface area contributed by atoms with E-state index in [-0.39, 0.29) is 0 Å². The van der Waals surface area contributed by atoms with Crippen molar-refractivity contribution in [2.45, 2.75) is 42.7 Å². The fourth-order valence-electron chi connectivity index (χ4n) is 3.00. The summed E-state index contributed by atoms with van der Waals surface area (Å²) in [5.74, 6) is 1.95. The maximum absolute atomic E-state index is 3.59. The molecule has 0 amide bonds. The third kappa shape index (κ3) is 3.17. The van der Waals surface area contributed by atoms with Gasteiger partial charge < -0.3 is 5.32 Å². The number of fused-ring (bicyclic) bond motifs is 1. The molecule has 2 aliphatic rings. The number of nitrogens with one attached hydrogen (secondary N) is 1. The van der Waals surface area contributed by atoms with Crippen LogP contribution in [0, 0.1) is 0 Å². The molecule has 0 aliphatic heterocycles. The lowest BCUT2D eigenvalue weighted by atomic mass is 9.79. The predicted molar refractivity (Wildman–Crippen MR) is 89.9 cm³/mol. The molecule has 2 aromatic carbocycles. The number of hydrogen-bond donors (Lipinski definition) is 1. The fraction of sp³-hybridized carbons (Fsp3) is 0.368. The summed E-state index contributed by atoms with van der Waals surface area (Å²) in [5, 5.41) is 3.59. The Bertz CT molecular complexity index is 633. The first-order valence-electron chi connectivity index (χ1n) is 7.91. The molecule has 0 aromatic heterocycles. The number of benzene rings is 2. The maximum atomic E-state index is 3.59. The molecule has 21 heavy (non-hydrogen) atoms. The highest BCUT2D eigenvalue weighted by Gasteiger charge is 2.25. The van der Waals surface area contributed by atoms with Gasteiger partial charge in [-0.3, -0.25) is 0 Å². The van der Waals surface area contributed by atoms with Crippen molar-refractivity contribution in [3.05, 3.63) is 65.2 Å². The van der Waals surface area contributed by atoms with Crippen LogP contribution >= 0.6 is 11.8 Å². The Labute approximate surface area is 131 Å². The molecule has 1 nitrogen and oxygen atoms in total. The molecule has 1 saturated carbocycles. The third-order valence-corrected chi connectivity index (χ3v) is 5.64. The molecule has 1 fully saturated rings. The topological polar surface area (TPSA) is 12.0 Å². The number of thioether (sulfide) groups is 1. The van der Waals surface area contributed by atoms with Gasteiger partial charge >= 0.3 is 0 Å². The Kier molecular flexibility index (Phi) is 3.74. The molecular weight excluding hydrogens is 274 g/mol. The average molecular weight is 295 g/mol. The second-order valence-corrected chi connectivity index (χ2v) is 7.31. The molecule has 1 atom stereocenters. The highest BCUT2D eigenvalue weighted by molar-refractivity contribution is 7.99. The summed E-state index contributed by atoms with van der Waals surface area (Å²) in [6.07, 6.45) is 3.97. The smallest absolute Gasteiger partial charge is 0.0208 e. The van der Waals surface area contributed by atoms with E-state index in [0.29, 0.717) is 0 Å². The van der Waals surface area contributed by atoms with Gasteiger partial charge in [0.1, 0.15) is 0 Å². The van der Waals surface area contributed by atoms with Gasteiger partial charge in [-0.1, -0.05) is 36.4 Å². The maximum Gasteiger partial charge on any atom is 0.0208 e. The van der Waals surface area contributed by atoms with Gasteiger partial charge in [0.15, 0.2) is 0 Å². The van der Waals surface area contributed by atoms with Crippen molar-refractivity contribution in [2.24, 2.45) is 0 Å². The zero-order chi connectivity index (χ0) is 14.1. The lowest BCUT2D eigenvalue weighted by Gasteiger charge is -2.29. The molecule has 108 valence electrons. The first-order chi connectivity index (χ1) is 10.4. The summed E-state index contributed by atoms with van der Waals surface area (Å²) in [4.78, 5) is 1.41. The molecule has 0 bridgehead atoms. The van der Waals surface area contributed by atoms with Crippen LogP contribution in [0.1, 0.15) is 35.4 Å². The van der Waals surface area contributed by atoms with Crippen LogP contribution in [0.3, 0.4) is 0 Å². The highest BCUT2D eigenvalue weighted by atomic mass is 32.2. The van der Waals surface area contributed by atoms with E-state index in [1.54, 1.807) is 11.1 Å². The van der Waals surface area contributed by atoms with E-state index in [9.17, 15) is 0 Å². The Morgan fingerprint density at radius 3 is 2.81 bits per heavy atom. The molecule has 2 aromatic rings. The summed E-state index contributed by atoms with van der Waals surface area (Å²) >= 11 is 2.00. The van der Waals surface area contributed by atoms with Crippen LogP contribution in [0.25, 0.3) is 0 Å². The van der Waals surface area contributed by atoms with Gasteiger partial charge in [-0.05, 0) is 54.0 Å². The summed E-state index contributed by atoms with van der Waals surface area (Å²) in [6.45, 7) is 1.02. The molecule has 0 saturated heterocycles. The van der Waals surface area contributed by atoms with Gasteiger partial charge in [0.2, 0.25) is 0 Å². The lowest BCUT2D eigenvalue weighted by molar-refractivity contribution is 0.677. The molecule has 0 spiro atoms. The minimum absolute atomic E-state index is 0.749. The molecule has 0 heterocycles. The van der Waals surface area contributed by atoms with Gasteiger partial charge in [0, 0.05) is 23.2 Å². The van der Waals surface area contributed by atoms with Gasteiger partial charge in [-0.15, -0.1) is 11.8 Å². The fourth-order valence-corrected chi connectivity index (χ4v) is 4.10. The van der Waals surface area contributed by atoms with Crippen LogP contribution in [0.15, 0.2) is 53.4 Å². The number of hydrogen-bond acceptors (Lipinski definition) is 2. The van der Waals surface area contributed by atoms with Crippen LogP contribution in [0.5, 0.6) is 0 Å². The molecule has 2 aliphatic carbocycles. The Balaban J connectivity index is 1.33. The molecule has 0 radical (unpaired) electrons. The van der Waals surface area contributed by atoms with E-state index in [4.69, 9.17) is 0 Å². The summed E-state index contributed by atoms with van der Waals surface area (Å²) in [6, 6.07) is 18.7. The van der Waals surface area contributed by atoms with Crippen molar-refractivity contribution in [1.29, 1.82) is 0 Å². The van der Waals surface area contributed by atoms with Crippen molar-refractivity contribution in [3.63, 3.8) is 0 Å². The molecule has 2 heteroatoms. The van der Waals surface area contributed by atoms with Crippen LogP contribution in [0.2, 0.25) is 0 Å². The quantitative estimate of drug-likeness (QED) is 0.794. The molecule has 1 N–H and O–H groups in total. The zero-order valence-corrected chi connectivity index (χ0v) is 13.0. The van der Waals surface area contributed by atoms with Gasteiger partial charge in [0.25, 0.3) is 0 Å². The van der Waals surface area contributed by atoms with E-state index >= 15 is 0 Å². The molecule has 1 unspecified atom stereocenters. The summed E-state index contributed by atoms with van der Waals surface area (Å²) in [7, 11) is 0. The van der Waals surface area contributed by atoms with Crippen molar-refractivity contribution in [3.8, 4) is 0 Å². The van der Waals surface area contributed by atoms with Gasteiger partial charge in [-0.25, -0.2) is 0 Å². The first-order valence-corrected chi connectivity index (χ1v) is 8.90. The Morgan fingerprint density at radius 1 is 1.05 bits per heavy atom. The standard InChI is InChI=1S/C19H21NS/c1-2-7-19-15(5-1)11-16(19)13-21-18-6-3-4-14(10-18)12-20-17-8-9-17/h1-7,10,16-17,20H,8-9,11-13H2. The Morgan fingerprint density at radius 2 is 1.95 bits per heavy atom. The second-order valence-electron chi connectivity index (χ2n) is 6.21. The normalized spacial score (nSPS) is 19.9. The first kappa shape index (κ1) is 13.4. The largest absolute Gasteiger partial charge is 0.310 e. The monoisotopic (exact) mass is 295 g/mol. The third-order valence-electron chi connectivity index (χ3n) is 4.48.